The molecular formula is C11H18N4O3. The molecule has 100 valence electrons. The van der Waals surface area contributed by atoms with Crippen LogP contribution in [-0.2, 0) is 9.59 Å². The van der Waals surface area contributed by atoms with Crippen molar-refractivity contribution in [3.8, 4) is 0 Å². The second-order valence-corrected chi connectivity index (χ2v) is 5.32. The molecule has 5 N–H and O–H groups in total. The van der Waals surface area contributed by atoms with E-state index in [0.29, 0.717) is 13.0 Å². The predicted octanol–water partition coefficient (Wildman–Crippen LogP) is -1.09. The fourth-order valence-corrected chi connectivity index (χ4v) is 2.61. The van der Waals surface area contributed by atoms with E-state index < -0.39 is 24.0 Å². The molecule has 1 spiro atoms. The Kier molecular flexibility index (Phi) is 2.92. The summed E-state index contributed by atoms with van der Waals surface area (Å²) in [7, 11) is 0. The predicted molar refractivity (Wildman–Crippen MR) is 63.2 cm³/mol. The summed E-state index contributed by atoms with van der Waals surface area (Å²) in [4.78, 5) is 35.8. The van der Waals surface area contributed by atoms with Gasteiger partial charge in [0.15, 0.2) is 0 Å². The van der Waals surface area contributed by atoms with Crippen molar-refractivity contribution < 1.29 is 14.4 Å². The molecule has 0 radical (unpaired) electrons. The molecule has 7 nitrogen and oxygen atoms in total. The Labute approximate surface area is 105 Å². The number of likely N-dealkylation sites (tertiary alicyclic amines) is 1. The third-order valence-electron chi connectivity index (χ3n) is 3.81. The maximum absolute atomic E-state index is 12.2. The zero-order chi connectivity index (χ0) is 13.5. The molecule has 0 aromatic carbocycles. The van der Waals surface area contributed by atoms with Crippen LogP contribution in [0.4, 0.5) is 4.79 Å². The zero-order valence-electron chi connectivity index (χ0n) is 10.3. The van der Waals surface area contributed by atoms with Gasteiger partial charge in [0.25, 0.3) is 0 Å². The quantitative estimate of drug-likeness (QED) is 0.593. The fraction of sp³-hybridized carbons (Fsp3) is 0.727. The van der Waals surface area contributed by atoms with Gasteiger partial charge in [-0.15, -0.1) is 0 Å². The Morgan fingerprint density at radius 3 is 2.39 bits per heavy atom. The summed E-state index contributed by atoms with van der Waals surface area (Å²) in [5.74, 6) is -0.792. The van der Waals surface area contributed by atoms with E-state index in [0.717, 1.165) is 12.8 Å². The van der Waals surface area contributed by atoms with Gasteiger partial charge in [0.1, 0.15) is 12.1 Å². The van der Waals surface area contributed by atoms with Crippen molar-refractivity contribution in [2.75, 3.05) is 6.54 Å². The van der Waals surface area contributed by atoms with Gasteiger partial charge < -0.3 is 21.7 Å². The number of nitrogens with two attached hydrogens (primary N) is 2. The molecule has 2 rings (SSSR count). The van der Waals surface area contributed by atoms with Crippen molar-refractivity contribution in [1.29, 1.82) is 0 Å². The SMILES string of the molecule is C[C@H](NC(N)=O)C(=O)N1CC2(CC2)C[C@H]1C(N)=O. The molecule has 0 aromatic rings. The summed E-state index contributed by atoms with van der Waals surface area (Å²) in [5.41, 5.74) is 10.4. The molecular weight excluding hydrogens is 236 g/mol. The Morgan fingerprint density at radius 1 is 1.33 bits per heavy atom. The van der Waals surface area contributed by atoms with Gasteiger partial charge in [-0.2, -0.15) is 0 Å². The highest BCUT2D eigenvalue weighted by Gasteiger charge is 2.55. The second-order valence-electron chi connectivity index (χ2n) is 5.32. The van der Waals surface area contributed by atoms with E-state index >= 15 is 0 Å². The zero-order valence-corrected chi connectivity index (χ0v) is 10.3. The van der Waals surface area contributed by atoms with Crippen LogP contribution in [0.3, 0.4) is 0 Å². The summed E-state index contributed by atoms with van der Waals surface area (Å²) in [6.45, 7) is 2.09. The standard InChI is InChI=1S/C11H18N4O3/c1-6(14-10(13)18)9(17)15-5-11(2-3-11)4-7(15)8(12)16/h6-7H,2-5H2,1H3,(H2,12,16)(H3,13,14,18)/t6-,7-/m0/s1. The molecule has 2 aliphatic rings. The minimum Gasteiger partial charge on any atom is -0.368 e. The average Bonchev–Trinajstić information content (AvgIpc) is 2.87. The van der Waals surface area contributed by atoms with Gasteiger partial charge in [-0.1, -0.05) is 0 Å². The second kappa shape index (κ2) is 4.15. The van der Waals surface area contributed by atoms with Crippen molar-refractivity contribution >= 4 is 17.8 Å². The maximum atomic E-state index is 12.2. The van der Waals surface area contributed by atoms with E-state index in [4.69, 9.17) is 11.5 Å². The molecule has 0 aromatic heterocycles. The molecule has 7 heteroatoms. The van der Waals surface area contributed by atoms with Crippen LogP contribution < -0.4 is 16.8 Å². The van der Waals surface area contributed by atoms with Crippen LogP contribution in [0.15, 0.2) is 0 Å². The Hall–Kier alpha value is -1.79. The van der Waals surface area contributed by atoms with E-state index in [2.05, 4.69) is 5.32 Å². The van der Waals surface area contributed by atoms with Crippen molar-refractivity contribution in [3.63, 3.8) is 0 Å². The lowest BCUT2D eigenvalue weighted by Gasteiger charge is -2.25. The average molecular weight is 254 g/mol. The lowest BCUT2D eigenvalue weighted by Crippen LogP contribution is -2.52. The van der Waals surface area contributed by atoms with Crippen LogP contribution in [0.25, 0.3) is 0 Å². The van der Waals surface area contributed by atoms with Crippen molar-refractivity contribution in [2.24, 2.45) is 16.9 Å². The number of nitrogens with one attached hydrogen (secondary N) is 1. The monoisotopic (exact) mass is 254 g/mol. The van der Waals surface area contributed by atoms with Crippen LogP contribution in [0.5, 0.6) is 0 Å². The summed E-state index contributed by atoms with van der Waals surface area (Å²) in [6, 6.07) is -2.05. The number of primary amides is 2. The van der Waals surface area contributed by atoms with Crippen LogP contribution >= 0.6 is 0 Å². The van der Waals surface area contributed by atoms with Crippen LogP contribution in [0.2, 0.25) is 0 Å². The molecule has 1 saturated carbocycles. The molecule has 1 heterocycles. The molecule has 4 amide bonds. The normalized spacial score (nSPS) is 25.8. The van der Waals surface area contributed by atoms with E-state index in [1.54, 1.807) is 6.92 Å². The number of nitrogens with zero attached hydrogens (tertiary/aromatic N) is 1. The minimum atomic E-state index is -0.758. The van der Waals surface area contributed by atoms with Gasteiger partial charge in [-0.25, -0.2) is 4.79 Å². The van der Waals surface area contributed by atoms with Gasteiger partial charge in [-0.05, 0) is 31.6 Å². The molecule has 1 saturated heterocycles. The topological polar surface area (TPSA) is 119 Å². The number of hydrogen-bond donors (Lipinski definition) is 3. The lowest BCUT2D eigenvalue weighted by molar-refractivity contribution is -0.138. The van der Waals surface area contributed by atoms with Crippen molar-refractivity contribution in [2.45, 2.75) is 38.3 Å². The summed E-state index contributed by atoms with van der Waals surface area (Å²) >= 11 is 0. The van der Waals surface area contributed by atoms with Crippen molar-refractivity contribution in [3.05, 3.63) is 0 Å². The highest BCUT2D eigenvalue weighted by molar-refractivity contribution is 5.91. The number of carbonyl (C=O) groups is 3. The highest BCUT2D eigenvalue weighted by Crippen LogP contribution is 2.54. The Bertz CT molecular complexity index is 405. The first-order valence-electron chi connectivity index (χ1n) is 6.00. The Morgan fingerprint density at radius 2 is 1.94 bits per heavy atom. The van der Waals surface area contributed by atoms with Gasteiger partial charge in [0.05, 0.1) is 0 Å². The summed E-state index contributed by atoms with van der Waals surface area (Å²) in [5, 5.41) is 2.32. The number of rotatable bonds is 3. The summed E-state index contributed by atoms with van der Waals surface area (Å²) in [6.07, 6.45) is 2.69. The van der Waals surface area contributed by atoms with Crippen LogP contribution in [-0.4, -0.2) is 41.4 Å². The summed E-state index contributed by atoms with van der Waals surface area (Å²) < 4.78 is 0. The van der Waals surface area contributed by atoms with Crippen LogP contribution in [0, 0.1) is 5.41 Å². The fourth-order valence-electron chi connectivity index (χ4n) is 2.61. The van der Waals surface area contributed by atoms with Gasteiger partial charge >= 0.3 is 6.03 Å². The first-order chi connectivity index (χ1) is 8.34. The molecule has 1 aliphatic carbocycles. The van der Waals surface area contributed by atoms with E-state index in [9.17, 15) is 14.4 Å². The van der Waals surface area contributed by atoms with Gasteiger partial charge in [-0.3, -0.25) is 9.59 Å². The Balaban J connectivity index is 2.08. The molecule has 18 heavy (non-hydrogen) atoms. The first-order valence-corrected chi connectivity index (χ1v) is 6.00. The molecule has 2 fully saturated rings. The number of carbonyl (C=O) groups excluding carboxylic acids is 3. The van der Waals surface area contributed by atoms with E-state index in [1.807, 2.05) is 0 Å². The minimum absolute atomic E-state index is 0.0851. The third-order valence-corrected chi connectivity index (χ3v) is 3.81. The van der Waals surface area contributed by atoms with Crippen LogP contribution in [0.1, 0.15) is 26.2 Å². The first kappa shape index (κ1) is 12.7. The van der Waals surface area contributed by atoms with Gasteiger partial charge in [0, 0.05) is 6.54 Å². The van der Waals surface area contributed by atoms with Gasteiger partial charge in [0.2, 0.25) is 11.8 Å². The number of hydrogen-bond acceptors (Lipinski definition) is 3. The molecule has 0 unspecified atom stereocenters. The van der Waals surface area contributed by atoms with E-state index in [-0.39, 0.29) is 11.3 Å². The maximum Gasteiger partial charge on any atom is 0.312 e. The largest absolute Gasteiger partial charge is 0.368 e. The lowest BCUT2D eigenvalue weighted by atomic mass is 10.0. The molecule has 0 bridgehead atoms. The molecule has 2 atom stereocenters. The third kappa shape index (κ3) is 2.25. The number of amides is 4. The highest BCUT2D eigenvalue weighted by atomic mass is 16.2. The number of urea groups is 1. The molecule has 1 aliphatic heterocycles. The van der Waals surface area contributed by atoms with Crippen molar-refractivity contribution in [1.82, 2.24) is 10.2 Å². The smallest absolute Gasteiger partial charge is 0.312 e. The van der Waals surface area contributed by atoms with E-state index in [1.165, 1.54) is 4.90 Å².